The summed E-state index contributed by atoms with van der Waals surface area (Å²) in [5.74, 6) is -1.32. The van der Waals surface area contributed by atoms with Gasteiger partial charge in [-0.25, -0.2) is 0 Å². The highest BCUT2D eigenvalue weighted by Gasteiger charge is 2.17. The zero-order valence-corrected chi connectivity index (χ0v) is 5.66. The van der Waals surface area contributed by atoms with E-state index in [1.807, 2.05) is 0 Å². The van der Waals surface area contributed by atoms with Gasteiger partial charge in [0.25, 0.3) is 0 Å². The summed E-state index contributed by atoms with van der Waals surface area (Å²) in [4.78, 5) is 10.5. The van der Waals surface area contributed by atoms with Gasteiger partial charge >= 0.3 is 0 Å². The number of aliphatic hydroxyl groups excluding tert-OH is 1. The van der Waals surface area contributed by atoms with Gasteiger partial charge in [-0.05, 0) is 0 Å². The second-order valence-electron chi connectivity index (χ2n) is 1.89. The molecule has 0 aromatic heterocycles. The van der Waals surface area contributed by atoms with Crippen LogP contribution in [0.25, 0.3) is 0 Å². The Morgan fingerprint density at radius 2 is 2.00 bits per heavy atom. The molecule has 10 heavy (non-hydrogen) atoms. The van der Waals surface area contributed by atoms with Gasteiger partial charge in [-0.2, -0.15) is 0 Å². The van der Waals surface area contributed by atoms with Crippen LogP contribution in [0.3, 0.4) is 0 Å². The van der Waals surface area contributed by atoms with E-state index in [2.05, 4.69) is 13.2 Å². The highest BCUT2D eigenvalue weighted by atomic mass is 16.3. The molecule has 0 aliphatic heterocycles. The fourth-order valence-corrected chi connectivity index (χ4v) is 0.570. The van der Waals surface area contributed by atoms with Crippen molar-refractivity contribution in [2.75, 3.05) is 0 Å². The lowest BCUT2D eigenvalue weighted by Crippen LogP contribution is -2.30. The molecular formula is C7H11NO2. The summed E-state index contributed by atoms with van der Waals surface area (Å²) < 4.78 is 0. The molecule has 3 nitrogen and oxygen atoms in total. The first-order chi connectivity index (χ1) is 4.63. The van der Waals surface area contributed by atoms with Crippen LogP contribution in [0.2, 0.25) is 0 Å². The van der Waals surface area contributed by atoms with Crippen molar-refractivity contribution in [1.82, 2.24) is 0 Å². The Bertz CT molecular complexity index is 154. The molecular weight excluding hydrogens is 130 g/mol. The Labute approximate surface area is 59.8 Å². The SMILES string of the molecule is C=CC(O)C(C=C)C(N)=O. The Balaban J connectivity index is 4.19. The van der Waals surface area contributed by atoms with Gasteiger partial charge in [0.2, 0.25) is 5.91 Å². The monoisotopic (exact) mass is 141 g/mol. The van der Waals surface area contributed by atoms with Crippen LogP contribution in [0.15, 0.2) is 25.3 Å². The lowest BCUT2D eigenvalue weighted by Gasteiger charge is -2.10. The van der Waals surface area contributed by atoms with Crippen molar-refractivity contribution in [2.24, 2.45) is 11.7 Å². The van der Waals surface area contributed by atoms with Crippen molar-refractivity contribution in [3.05, 3.63) is 25.3 Å². The third kappa shape index (κ3) is 2.03. The van der Waals surface area contributed by atoms with Crippen LogP contribution in [0, 0.1) is 5.92 Å². The van der Waals surface area contributed by atoms with E-state index < -0.39 is 17.9 Å². The van der Waals surface area contributed by atoms with Crippen LogP contribution in [0.1, 0.15) is 0 Å². The third-order valence-electron chi connectivity index (χ3n) is 1.19. The Kier molecular flexibility index (Phi) is 3.43. The normalized spacial score (nSPS) is 15.3. The molecule has 0 aromatic rings. The maximum absolute atomic E-state index is 10.5. The Morgan fingerprint density at radius 1 is 1.50 bits per heavy atom. The Hall–Kier alpha value is -1.09. The molecule has 0 radical (unpaired) electrons. The van der Waals surface area contributed by atoms with Gasteiger partial charge in [0.05, 0.1) is 12.0 Å². The fourth-order valence-electron chi connectivity index (χ4n) is 0.570. The third-order valence-corrected chi connectivity index (χ3v) is 1.19. The van der Waals surface area contributed by atoms with E-state index in [-0.39, 0.29) is 0 Å². The van der Waals surface area contributed by atoms with Crippen LogP contribution in [0.4, 0.5) is 0 Å². The van der Waals surface area contributed by atoms with Gasteiger partial charge in [0.15, 0.2) is 0 Å². The summed E-state index contributed by atoms with van der Waals surface area (Å²) in [5.41, 5.74) is 4.91. The summed E-state index contributed by atoms with van der Waals surface area (Å²) >= 11 is 0. The molecule has 0 saturated carbocycles. The van der Waals surface area contributed by atoms with Crippen LogP contribution in [-0.2, 0) is 4.79 Å². The molecule has 0 heterocycles. The van der Waals surface area contributed by atoms with E-state index in [4.69, 9.17) is 10.8 Å². The fraction of sp³-hybridized carbons (Fsp3) is 0.286. The first-order valence-corrected chi connectivity index (χ1v) is 2.86. The average Bonchev–Trinajstić information content (AvgIpc) is 1.88. The molecule has 0 spiro atoms. The van der Waals surface area contributed by atoms with Crippen LogP contribution >= 0.6 is 0 Å². The van der Waals surface area contributed by atoms with E-state index in [1.54, 1.807) is 0 Å². The van der Waals surface area contributed by atoms with Gasteiger partial charge in [-0.3, -0.25) is 4.79 Å². The van der Waals surface area contributed by atoms with E-state index in [0.29, 0.717) is 0 Å². The number of carbonyl (C=O) groups is 1. The molecule has 3 N–H and O–H groups in total. The maximum atomic E-state index is 10.5. The molecule has 3 heteroatoms. The smallest absolute Gasteiger partial charge is 0.227 e. The predicted molar refractivity (Wildman–Crippen MR) is 39.1 cm³/mol. The number of hydrogen-bond acceptors (Lipinski definition) is 2. The summed E-state index contributed by atoms with van der Waals surface area (Å²) in [5, 5.41) is 9.00. The van der Waals surface area contributed by atoms with E-state index in [0.717, 1.165) is 0 Å². The standard InChI is InChI=1S/C7H11NO2/c1-3-5(7(8)10)6(9)4-2/h3-6,9H,1-2H2,(H2,8,10). The first-order valence-electron chi connectivity index (χ1n) is 2.86. The average molecular weight is 141 g/mol. The molecule has 0 rings (SSSR count). The number of hydrogen-bond donors (Lipinski definition) is 2. The summed E-state index contributed by atoms with van der Waals surface area (Å²) in [6.45, 7) is 6.65. The number of primary amides is 1. The molecule has 0 aromatic carbocycles. The molecule has 2 atom stereocenters. The van der Waals surface area contributed by atoms with Gasteiger partial charge in [-0.15, -0.1) is 13.2 Å². The van der Waals surface area contributed by atoms with Crippen molar-refractivity contribution in [2.45, 2.75) is 6.10 Å². The molecule has 1 amide bonds. The largest absolute Gasteiger partial charge is 0.388 e. The van der Waals surface area contributed by atoms with Crippen LogP contribution < -0.4 is 5.73 Å². The molecule has 0 bridgehead atoms. The van der Waals surface area contributed by atoms with Crippen molar-refractivity contribution >= 4 is 5.91 Å². The quantitative estimate of drug-likeness (QED) is 0.533. The minimum absolute atomic E-state index is 0.595. The van der Waals surface area contributed by atoms with Gasteiger partial charge < -0.3 is 10.8 Å². The molecule has 2 unspecified atom stereocenters. The number of rotatable bonds is 4. The Morgan fingerprint density at radius 3 is 2.10 bits per heavy atom. The number of carbonyl (C=O) groups excluding carboxylic acids is 1. The van der Waals surface area contributed by atoms with Crippen molar-refractivity contribution < 1.29 is 9.90 Å². The molecule has 0 fully saturated rings. The molecule has 56 valence electrons. The topological polar surface area (TPSA) is 63.3 Å². The van der Waals surface area contributed by atoms with Gasteiger partial charge in [0, 0.05) is 0 Å². The minimum atomic E-state index is -0.921. The lowest BCUT2D eigenvalue weighted by atomic mass is 10.0. The second kappa shape index (κ2) is 3.85. The van der Waals surface area contributed by atoms with Crippen LogP contribution in [-0.4, -0.2) is 17.1 Å². The summed E-state index contributed by atoms with van der Waals surface area (Å²) in [6.07, 6.45) is 1.63. The first kappa shape index (κ1) is 8.91. The highest BCUT2D eigenvalue weighted by molar-refractivity contribution is 5.79. The minimum Gasteiger partial charge on any atom is -0.388 e. The predicted octanol–water partition coefficient (Wildman–Crippen LogP) is -0.179. The lowest BCUT2D eigenvalue weighted by molar-refractivity contribution is -0.122. The van der Waals surface area contributed by atoms with E-state index >= 15 is 0 Å². The van der Waals surface area contributed by atoms with Gasteiger partial charge in [-0.1, -0.05) is 12.2 Å². The number of aliphatic hydroxyl groups is 1. The molecule has 0 aliphatic rings. The second-order valence-corrected chi connectivity index (χ2v) is 1.89. The van der Waals surface area contributed by atoms with Crippen LogP contribution in [0.5, 0.6) is 0 Å². The van der Waals surface area contributed by atoms with E-state index in [9.17, 15) is 4.79 Å². The van der Waals surface area contributed by atoms with Crippen molar-refractivity contribution in [3.8, 4) is 0 Å². The van der Waals surface area contributed by atoms with Crippen molar-refractivity contribution in [1.29, 1.82) is 0 Å². The van der Waals surface area contributed by atoms with Gasteiger partial charge in [0.1, 0.15) is 0 Å². The molecule has 0 aliphatic carbocycles. The number of amides is 1. The number of nitrogens with two attached hydrogens (primary N) is 1. The van der Waals surface area contributed by atoms with E-state index in [1.165, 1.54) is 12.2 Å². The van der Waals surface area contributed by atoms with Crippen molar-refractivity contribution in [3.63, 3.8) is 0 Å². The zero-order chi connectivity index (χ0) is 8.15. The zero-order valence-electron chi connectivity index (χ0n) is 5.66. The summed E-state index contributed by atoms with van der Waals surface area (Å²) in [6, 6.07) is 0. The highest BCUT2D eigenvalue weighted by Crippen LogP contribution is 2.04. The maximum Gasteiger partial charge on any atom is 0.227 e. The summed E-state index contributed by atoms with van der Waals surface area (Å²) in [7, 11) is 0. The molecule has 0 saturated heterocycles.